The van der Waals surface area contributed by atoms with Crippen LogP contribution in [0.2, 0.25) is 23.7 Å². The van der Waals surface area contributed by atoms with Gasteiger partial charge in [-0.2, -0.15) is 0 Å². The predicted octanol–water partition coefficient (Wildman–Crippen LogP) is 5.67. The molecule has 9 nitrogen and oxygen atoms in total. The Bertz CT molecular complexity index is 1640. The molecule has 1 saturated heterocycles. The molecule has 3 aromatic carbocycles. The van der Waals surface area contributed by atoms with Gasteiger partial charge in [-0.05, 0) is 54.3 Å². The lowest BCUT2D eigenvalue weighted by Crippen LogP contribution is -2.52. The van der Waals surface area contributed by atoms with Gasteiger partial charge in [0.05, 0.1) is 47.1 Å². The minimum atomic E-state index is -2.49. The second-order valence-electron chi connectivity index (χ2n) is 13.5. The molecule has 49 heavy (non-hydrogen) atoms. The van der Waals surface area contributed by atoms with E-state index in [2.05, 4.69) is 32.2 Å². The number of carbonyl (C=O) groups is 3. The number of methoxy groups -OCH3 is 2. The van der Waals surface area contributed by atoms with E-state index in [1.165, 1.54) is 7.11 Å². The number of nitrogens with zero attached hydrogens (tertiary/aromatic N) is 2. The molecular formula is C38H47ClN2O7Si. The molecule has 3 aromatic rings. The number of aliphatic hydroxyl groups excluding tert-OH is 1. The fraction of sp³-hybridized carbons (Fsp3) is 0.447. The van der Waals surface area contributed by atoms with Crippen molar-refractivity contribution < 1.29 is 33.7 Å². The van der Waals surface area contributed by atoms with Gasteiger partial charge in [-0.25, -0.2) is 0 Å². The number of anilines is 1. The van der Waals surface area contributed by atoms with E-state index < -0.39 is 19.8 Å². The molecule has 11 heteroatoms. The lowest BCUT2D eigenvalue weighted by molar-refractivity contribution is -0.149. The highest BCUT2D eigenvalue weighted by Crippen LogP contribution is 2.60. The maximum absolute atomic E-state index is 14.8. The smallest absolute Gasteiger partial charge is 0.305 e. The summed E-state index contributed by atoms with van der Waals surface area (Å²) in [6, 6.07) is 23.3. The molecule has 4 atom stereocenters. The van der Waals surface area contributed by atoms with Crippen LogP contribution in [0.1, 0.15) is 43.7 Å². The Kier molecular flexibility index (Phi) is 11.5. The van der Waals surface area contributed by atoms with E-state index in [0.29, 0.717) is 36.5 Å². The van der Waals surface area contributed by atoms with Gasteiger partial charge in [0.1, 0.15) is 5.75 Å². The maximum atomic E-state index is 14.8. The number of hydrogen-bond donors (Lipinski definition) is 1. The van der Waals surface area contributed by atoms with E-state index in [1.807, 2.05) is 54.6 Å². The van der Waals surface area contributed by atoms with Crippen LogP contribution in [0.5, 0.6) is 5.75 Å². The number of ether oxygens (including phenoxy) is 3. The topological polar surface area (TPSA) is 106 Å². The van der Waals surface area contributed by atoms with E-state index >= 15 is 0 Å². The molecule has 0 saturated carbocycles. The van der Waals surface area contributed by atoms with Gasteiger partial charge < -0.3 is 29.1 Å². The number of carbonyl (C=O) groups excluding carboxylic acids is 3. The van der Waals surface area contributed by atoms with Crippen LogP contribution in [0.3, 0.4) is 0 Å². The fourth-order valence-electron chi connectivity index (χ4n) is 7.87. The second-order valence-corrected chi connectivity index (χ2v) is 18.7. The monoisotopic (exact) mass is 706 g/mol. The van der Waals surface area contributed by atoms with E-state index in [4.69, 9.17) is 25.8 Å². The Morgan fingerprint density at radius 3 is 2.41 bits per heavy atom. The molecule has 2 amide bonds. The molecule has 262 valence electrons. The lowest BCUT2D eigenvalue weighted by Gasteiger charge is -2.37. The molecule has 0 aliphatic carbocycles. The average Bonchev–Trinajstić information content (AvgIpc) is 3.52. The first-order chi connectivity index (χ1) is 23.5. The number of hydrogen-bond acceptors (Lipinski definition) is 7. The van der Waals surface area contributed by atoms with Crippen molar-refractivity contribution in [3.05, 3.63) is 88.9 Å². The van der Waals surface area contributed by atoms with Gasteiger partial charge in [0.2, 0.25) is 5.91 Å². The Morgan fingerprint density at radius 1 is 1.04 bits per heavy atom. The van der Waals surface area contributed by atoms with Crippen LogP contribution < -0.4 is 14.8 Å². The first kappa shape index (κ1) is 36.6. The number of fused-ring (bicyclic) bond motifs is 2. The van der Waals surface area contributed by atoms with Gasteiger partial charge in [0.25, 0.3) is 5.91 Å². The summed E-state index contributed by atoms with van der Waals surface area (Å²) in [6.07, 6.45) is 0.907. The van der Waals surface area contributed by atoms with Crippen molar-refractivity contribution in [1.29, 1.82) is 0 Å². The molecule has 5 rings (SSSR count). The van der Waals surface area contributed by atoms with Gasteiger partial charge in [-0.15, -0.1) is 0 Å². The zero-order valence-corrected chi connectivity index (χ0v) is 30.7. The molecule has 1 spiro atoms. The Hall–Kier alpha value is -3.70. The largest absolute Gasteiger partial charge is 0.497 e. The van der Waals surface area contributed by atoms with E-state index in [-0.39, 0.29) is 55.2 Å². The number of esters is 1. The molecule has 0 aromatic heterocycles. The molecule has 0 unspecified atom stereocenters. The summed E-state index contributed by atoms with van der Waals surface area (Å²) in [5, 5.41) is 11.6. The Labute approximate surface area is 295 Å². The molecule has 2 heterocycles. The van der Waals surface area contributed by atoms with E-state index in [1.54, 1.807) is 23.0 Å². The van der Waals surface area contributed by atoms with Crippen molar-refractivity contribution in [2.75, 3.05) is 38.8 Å². The summed E-state index contributed by atoms with van der Waals surface area (Å²) in [5.74, 6) is -0.156. The second kappa shape index (κ2) is 15.5. The molecule has 1 fully saturated rings. The first-order valence-corrected chi connectivity index (χ1v) is 20.4. The summed E-state index contributed by atoms with van der Waals surface area (Å²) < 4.78 is 17.3. The summed E-state index contributed by atoms with van der Waals surface area (Å²) in [6.45, 7) is 7.39. The number of unbranched alkanes of at least 4 members (excludes halogenated alkanes) is 1. The van der Waals surface area contributed by atoms with Crippen molar-refractivity contribution >= 4 is 48.3 Å². The van der Waals surface area contributed by atoms with Gasteiger partial charge in [-0.1, -0.05) is 79.3 Å². The standard InChI is InChI=1S/C38H47ClN2O7Si/c1-26-36(49(4,5)30-17-15-29(46-2)16-18-30)33(24-34(43)40(21-22-42)25-27-11-7-6-8-12-27)48-38(26)31-23-28(39)14-19-32(31)41(37(38)45)20-10-9-13-35(44)47-3/h6-8,11-12,14-19,23,26,33,36,42H,9-10,13,20-22,24-25H2,1-5H3/t26-,33+,36-,38+/m1/s1. The fourth-order valence-corrected chi connectivity index (χ4v) is 12.0. The number of halogens is 1. The third-order valence-electron chi connectivity index (χ3n) is 10.4. The SMILES string of the molecule is COC(=O)CCCCN1C(=O)[C@@]2(O[C@@H](CC(=O)N(CCO)Cc3ccccc3)[C@H]([Si](C)(C)c3ccc(OC)cc3)[C@H]2C)c2cc(Cl)ccc21. The summed E-state index contributed by atoms with van der Waals surface area (Å²) in [5.41, 5.74) is 0.910. The number of rotatable bonds is 14. The number of amides is 2. The Balaban J connectivity index is 1.54. The van der Waals surface area contributed by atoms with Crippen LogP contribution >= 0.6 is 11.6 Å². The van der Waals surface area contributed by atoms with Gasteiger partial charge in [-0.3, -0.25) is 14.4 Å². The zero-order chi connectivity index (χ0) is 35.3. The van der Waals surface area contributed by atoms with Gasteiger partial charge in [0.15, 0.2) is 5.60 Å². The summed E-state index contributed by atoms with van der Waals surface area (Å²) in [7, 11) is 0.521. The minimum Gasteiger partial charge on any atom is -0.497 e. The number of aliphatic hydroxyl groups is 1. The van der Waals surface area contributed by atoms with Crippen molar-refractivity contribution in [2.24, 2.45) is 5.92 Å². The quantitative estimate of drug-likeness (QED) is 0.131. The van der Waals surface area contributed by atoms with Crippen LogP contribution in [0.15, 0.2) is 72.8 Å². The van der Waals surface area contributed by atoms with Crippen LogP contribution in [0.4, 0.5) is 5.69 Å². The molecule has 0 bridgehead atoms. The van der Waals surface area contributed by atoms with Crippen molar-refractivity contribution in [2.45, 2.75) is 69.5 Å². The molecule has 2 aliphatic heterocycles. The highest BCUT2D eigenvalue weighted by Gasteiger charge is 2.66. The molecular weight excluding hydrogens is 660 g/mol. The zero-order valence-electron chi connectivity index (χ0n) is 29.0. The van der Waals surface area contributed by atoms with Crippen molar-refractivity contribution in [1.82, 2.24) is 4.90 Å². The summed E-state index contributed by atoms with van der Waals surface area (Å²) >= 11 is 6.61. The predicted molar refractivity (Wildman–Crippen MR) is 193 cm³/mol. The highest BCUT2D eigenvalue weighted by molar-refractivity contribution is 6.91. The number of benzene rings is 3. The van der Waals surface area contributed by atoms with Crippen LogP contribution in [-0.4, -0.2) is 75.9 Å². The molecule has 2 aliphatic rings. The van der Waals surface area contributed by atoms with Crippen molar-refractivity contribution in [3.63, 3.8) is 0 Å². The normalized spacial score (nSPS) is 21.6. The third kappa shape index (κ3) is 7.29. The maximum Gasteiger partial charge on any atom is 0.305 e. The third-order valence-corrected chi connectivity index (χ3v) is 14.9. The lowest BCUT2D eigenvalue weighted by atomic mass is 9.82. The molecule has 1 N–H and O–H groups in total. The van der Waals surface area contributed by atoms with Crippen LogP contribution in [0, 0.1) is 5.92 Å². The highest BCUT2D eigenvalue weighted by atomic mass is 35.5. The van der Waals surface area contributed by atoms with Gasteiger partial charge in [0, 0.05) is 42.6 Å². The Morgan fingerprint density at radius 2 is 1.76 bits per heavy atom. The average molecular weight is 707 g/mol. The van der Waals surface area contributed by atoms with Crippen LogP contribution in [0.25, 0.3) is 0 Å². The van der Waals surface area contributed by atoms with Crippen LogP contribution in [-0.2, 0) is 36.0 Å². The van der Waals surface area contributed by atoms with Crippen molar-refractivity contribution in [3.8, 4) is 5.75 Å². The van der Waals surface area contributed by atoms with Gasteiger partial charge >= 0.3 is 5.97 Å². The van der Waals surface area contributed by atoms with E-state index in [0.717, 1.165) is 22.2 Å². The first-order valence-electron chi connectivity index (χ1n) is 16.9. The molecule has 0 radical (unpaired) electrons. The van der Waals surface area contributed by atoms with E-state index in [9.17, 15) is 19.5 Å². The summed E-state index contributed by atoms with van der Waals surface area (Å²) in [4.78, 5) is 44.2. The minimum absolute atomic E-state index is 0.0541.